The Morgan fingerprint density at radius 3 is 2.90 bits per heavy atom. The van der Waals surface area contributed by atoms with Crippen molar-refractivity contribution < 1.29 is 4.79 Å². The zero-order valence-electron chi connectivity index (χ0n) is 13.4. The van der Waals surface area contributed by atoms with E-state index in [0.29, 0.717) is 24.9 Å². The first-order chi connectivity index (χ1) is 10.0. The average molecular weight is 289 g/mol. The van der Waals surface area contributed by atoms with Crippen LogP contribution in [0, 0.1) is 25.7 Å². The van der Waals surface area contributed by atoms with E-state index in [2.05, 4.69) is 30.1 Å². The number of nitrogens with zero attached hydrogens (tertiary/aromatic N) is 1. The summed E-state index contributed by atoms with van der Waals surface area (Å²) < 4.78 is 0. The van der Waals surface area contributed by atoms with Crippen LogP contribution in [0.2, 0.25) is 0 Å². The Balaban J connectivity index is 1.91. The van der Waals surface area contributed by atoms with Crippen molar-refractivity contribution in [2.24, 2.45) is 17.6 Å². The maximum absolute atomic E-state index is 12.2. The Morgan fingerprint density at radius 2 is 2.19 bits per heavy atom. The summed E-state index contributed by atoms with van der Waals surface area (Å²) in [4.78, 5) is 14.5. The highest BCUT2D eigenvalue weighted by molar-refractivity contribution is 5.93. The van der Waals surface area contributed by atoms with Gasteiger partial charge in [-0.1, -0.05) is 19.1 Å². The molecule has 0 spiro atoms. The second kappa shape index (κ2) is 7.05. The number of anilines is 1. The highest BCUT2D eigenvalue weighted by atomic mass is 16.2. The van der Waals surface area contributed by atoms with Crippen molar-refractivity contribution in [3.63, 3.8) is 0 Å². The predicted molar refractivity (Wildman–Crippen MR) is 87.3 cm³/mol. The number of carbonyl (C=O) groups is 1. The number of piperidine rings is 1. The molecular weight excluding hydrogens is 262 g/mol. The van der Waals surface area contributed by atoms with Crippen molar-refractivity contribution in [2.45, 2.75) is 27.2 Å². The predicted octanol–water partition coefficient (Wildman–Crippen LogP) is 2.16. The van der Waals surface area contributed by atoms with Gasteiger partial charge in [0.2, 0.25) is 5.91 Å². The van der Waals surface area contributed by atoms with Gasteiger partial charge in [0.25, 0.3) is 0 Å². The second-order valence-corrected chi connectivity index (χ2v) is 6.29. The van der Waals surface area contributed by atoms with Gasteiger partial charge in [-0.25, -0.2) is 0 Å². The maximum atomic E-state index is 12.2. The van der Waals surface area contributed by atoms with Gasteiger partial charge in [-0.15, -0.1) is 0 Å². The second-order valence-electron chi connectivity index (χ2n) is 6.29. The molecule has 2 atom stereocenters. The van der Waals surface area contributed by atoms with Crippen molar-refractivity contribution in [3.8, 4) is 0 Å². The lowest BCUT2D eigenvalue weighted by molar-refractivity contribution is -0.117. The van der Waals surface area contributed by atoms with Gasteiger partial charge in [0.05, 0.1) is 6.54 Å². The largest absolute Gasteiger partial charge is 0.330 e. The van der Waals surface area contributed by atoms with E-state index in [1.807, 2.05) is 19.1 Å². The van der Waals surface area contributed by atoms with E-state index in [0.717, 1.165) is 30.8 Å². The van der Waals surface area contributed by atoms with Crippen LogP contribution in [0.1, 0.15) is 24.5 Å². The van der Waals surface area contributed by atoms with Crippen LogP contribution < -0.4 is 11.1 Å². The van der Waals surface area contributed by atoms with Gasteiger partial charge in [0.1, 0.15) is 0 Å². The Labute approximate surface area is 127 Å². The summed E-state index contributed by atoms with van der Waals surface area (Å²) in [5, 5.41) is 3.03. The van der Waals surface area contributed by atoms with E-state index in [9.17, 15) is 4.79 Å². The Morgan fingerprint density at radius 1 is 1.43 bits per heavy atom. The summed E-state index contributed by atoms with van der Waals surface area (Å²) in [6.45, 7) is 9.43. The Bertz CT molecular complexity index is 501. The summed E-state index contributed by atoms with van der Waals surface area (Å²) in [6.07, 6.45) is 1.12. The minimum absolute atomic E-state index is 0.0639. The molecule has 1 saturated heterocycles. The van der Waals surface area contributed by atoms with E-state index in [1.54, 1.807) is 0 Å². The minimum Gasteiger partial charge on any atom is -0.330 e. The molecular formula is C17H27N3O. The van der Waals surface area contributed by atoms with Crippen LogP contribution in [0.15, 0.2) is 18.2 Å². The van der Waals surface area contributed by atoms with E-state index < -0.39 is 0 Å². The van der Waals surface area contributed by atoms with E-state index in [4.69, 9.17) is 5.73 Å². The van der Waals surface area contributed by atoms with Crippen LogP contribution in [-0.4, -0.2) is 37.0 Å². The molecule has 0 aliphatic carbocycles. The smallest absolute Gasteiger partial charge is 0.238 e. The van der Waals surface area contributed by atoms with Crippen molar-refractivity contribution >= 4 is 11.6 Å². The van der Waals surface area contributed by atoms with Crippen LogP contribution in [0.25, 0.3) is 0 Å². The molecule has 1 heterocycles. The SMILES string of the molecule is Cc1cccc(NC(=O)CN2CCC(C)C(CN)C2)c1C. The zero-order chi connectivity index (χ0) is 15.4. The van der Waals surface area contributed by atoms with Crippen molar-refractivity contribution in [2.75, 3.05) is 31.5 Å². The first-order valence-corrected chi connectivity index (χ1v) is 7.79. The molecule has 1 aromatic carbocycles. The fourth-order valence-corrected chi connectivity index (χ4v) is 2.95. The summed E-state index contributed by atoms with van der Waals surface area (Å²) in [6, 6.07) is 6.00. The monoisotopic (exact) mass is 289 g/mol. The van der Waals surface area contributed by atoms with Gasteiger partial charge in [0.15, 0.2) is 0 Å². The summed E-state index contributed by atoms with van der Waals surface area (Å²) >= 11 is 0. The Kier molecular flexibility index (Phi) is 5.37. The number of nitrogens with one attached hydrogen (secondary N) is 1. The fourth-order valence-electron chi connectivity index (χ4n) is 2.95. The number of aryl methyl sites for hydroxylation is 1. The summed E-state index contributed by atoms with van der Waals surface area (Å²) in [5.41, 5.74) is 9.07. The van der Waals surface area contributed by atoms with Crippen LogP contribution >= 0.6 is 0 Å². The lowest BCUT2D eigenvalue weighted by atomic mass is 9.87. The number of likely N-dealkylation sites (tertiary alicyclic amines) is 1. The summed E-state index contributed by atoms with van der Waals surface area (Å²) in [7, 11) is 0. The fraction of sp³-hybridized carbons (Fsp3) is 0.588. The normalized spacial score (nSPS) is 23.0. The molecule has 0 aromatic heterocycles. The number of hydrogen-bond acceptors (Lipinski definition) is 3. The average Bonchev–Trinajstić information content (AvgIpc) is 2.46. The van der Waals surface area contributed by atoms with Crippen LogP contribution in [-0.2, 0) is 4.79 Å². The van der Waals surface area contributed by atoms with E-state index in [1.165, 1.54) is 5.56 Å². The minimum atomic E-state index is 0.0639. The number of hydrogen-bond donors (Lipinski definition) is 2. The molecule has 1 aliphatic heterocycles. The standard InChI is InChI=1S/C17H27N3O/c1-12-5-4-6-16(14(12)3)19-17(21)11-20-8-7-13(2)15(9-18)10-20/h4-6,13,15H,7-11,18H2,1-3H3,(H,19,21). The highest BCUT2D eigenvalue weighted by Gasteiger charge is 2.26. The molecule has 1 fully saturated rings. The molecule has 0 saturated carbocycles. The van der Waals surface area contributed by atoms with Gasteiger partial charge in [-0.05, 0) is 62.4 Å². The van der Waals surface area contributed by atoms with Gasteiger partial charge >= 0.3 is 0 Å². The topological polar surface area (TPSA) is 58.4 Å². The molecule has 3 N–H and O–H groups in total. The molecule has 4 nitrogen and oxygen atoms in total. The Hall–Kier alpha value is -1.39. The summed E-state index contributed by atoms with van der Waals surface area (Å²) in [5.74, 6) is 1.23. The molecule has 116 valence electrons. The van der Waals surface area contributed by atoms with Gasteiger partial charge < -0.3 is 11.1 Å². The van der Waals surface area contributed by atoms with Crippen molar-refractivity contribution in [1.29, 1.82) is 0 Å². The zero-order valence-corrected chi connectivity index (χ0v) is 13.4. The molecule has 2 unspecified atom stereocenters. The van der Waals surface area contributed by atoms with E-state index >= 15 is 0 Å². The van der Waals surface area contributed by atoms with Crippen LogP contribution in [0.3, 0.4) is 0 Å². The number of amides is 1. The van der Waals surface area contributed by atoms with E-state index in [-0.39, 0.29) is 5.91 Å². The van der Waals surface area contributed by atoms with Gasteiger partial charge in [0, 0.05) is 12.2 Å². The third kappa shape index (κ3) is 4.05. The number of rotatable bonds is 4. The van der Waals surface area contributed by atoms with Crippen molar-refractivity contribution in [3.05, 3.63) is 29.3 Å². The molecule has 0 bridgehead atoms. The van der Waals surface area contributed by atoms with Gasteiger partial charge in [-0.2, -0.15) is 0 Å². The highest BCUT2D eigenvalue weighted by Crippen LogP contribution is 2.22. The number of carbonyl (C=O) groups excluding carboxylic acids is 1. The molecule has 1 aromatic rings. The first-order valence-electron chi connectivity index (χ1n) is 7.79. The number of nitrogens with two attached hydrogens (primary N) is 1. The maximum Gasteiger partial charge on any atom is 0.238 e. The third-order valence-corrected chi connectivity index (χ3v) is 4.75. The van der Waals surface area contributed by atoms with Gasteiger partial charge in [-0.3, -0.25) is 9.69 Å². The lowest BCUT2D eigenvalue weighted by Crippen LogP contribution is -2.45. The number of benzene rings is 1. The quantitative estimate of drug-likeness (QED) is 0.893. The molecule has 1 aliphatic rings. The lowest BCUT2D eigenvalue weighted by Gasteiger charge is -2.36. The van der Waals surface area contributed by atoms with Crippen molar-refractivity contribution in [1.82, 2.24) is 4.90 Å². The molecule has 2 rings (SSSR count). The molecule has 0 radical (unpaired) electrons. The third-order valence-electron chi connectivity index (χ3n) is 4.75. The molecule has 21 heavy (non-hydrogen) atoms. The first kappa shape index (κ1) is 16.0. The molecule has 4 heteroatoms. The van der Waals surface area contributed by atoms with Crippen LogP contribution in [0.4, 0.5) is 5.69 Å². The van der Waals surface area contributed by atoms with Crippen LogP contribution in [0.5, 0.6) is 0 Å². The molecule has 1 amide bonds.